The lowest BCUT2D eigenvalue weighted by molar-refractivity contribution is -0.116. The zero-order valence-corrected chi connectivity index (χ0v) is 18.9. The van der Waals surface area contributed by atoms with Crippen LogP contribution in [0.15, 0.2) is 28.2 Å². The number of rotatable bonds is 6. The predicted octanol–water partition coefficient (Wildman–Crippen LogP) is 3.50. The van der Waals surface area contributed by atoms with E-state index in [0.29, 0.717) is 33.5 Å². The summed E-state index contributed by atoms with van der Waals surface area (Å²) in [6.45, 7) is 2.51. The molecular formula is C22H25FN6O2S. The largest absolute Gasteiger partial charge is 0.326 e. The van der Waals surface area contributed by atoms with Crippen molar-refractivity contribution in [3.8, 4) is 11.4 Å². The van der Waals surface area contributed by atoms with Crippen LogP contribution in [0.5, 0.6) is 0 Å². The van der Waals surface area contributed by atoms with Crippen LogP contribution in [0, 0.1) is 12.7 Å². The molecule has 0 saturated carbocycles. The van der Waals surface area contributed by atoms with Gasteiger partial charge in [-0.05, 0) is 50.6 Å². The topological polar surface area (TPSA) is 106 Å². The zero-order valence-electron chi connectivity index (χ0n) is 18.1. The molecule has 3 aromatic rings. The Morgan fingerprint density at radius 1 is 1.28 bits per heavy atom. The number of hydrogen-bond acceptors (Lipinski definition) is 6. The number of aromatic nitrogens is 5. The van der Waals surface area contributed by atoms with Crippen molar-refractivity contribution in [3.05, 3.63) is 51.5 Å². The minimum absolute atomic E-state index is 0.108. The second-order valence-electron chi connectivity index (χ2n) is 7.78. The Morgan fingerprint density at radius 2 is 2.12 bits per heavy atom. The van der Waals surface area contributed by atoms with Gasteiger partial charge >= 0.3 is 0 Å². The summed E-state index contributed by atoms with van der Waals surface area (Å²) in [5, 5.41) is 11.8. The smallest absolute Gasteiger partial charge is 0.254 e. The number of hydrogen-bond donors (Lipinski definition) is 2. The second-order valence-corrected chi connectivity index (χ2v) is 8.58. The fourth-order valence-corrected chi connectivity index (χ4v) is 4.32. The molecule has 1 amide bonds. The van der Waals surface area contributed by atoms with Crippen molar-refractivity contribution >= 4 is 23.4 Å². The standard InChI is InChI=1S/C22H25FN6O2S/c1-13-15(21(31)26-22(24-13)32-2)8-10-19(30)25-14-7-9-17(23)16(12-14)20-28-27-18-6-4-3-5-11-29(18)20/h7,9,12H,3-6,8,10-11H2,1-2H3,(H,25,30)(H,24,26,31). The van der Waals surface area contributed by atoms with E-state index in [4.69, 9.17) is 0 Å². The molecule has 0 atom stereocenters. The van der Waals surface area contributed by atoms with Gasteiger partial charge in [-0.2, -0.15) is 0 Å². The first-order chi connectivity index (χ1) is 15.5. The van der Waals surface area contributed by atoms with Crippen molar-refractivity contribution in [2.45, 2.75) is 57.1 Å². The number of benzene rings is 1. The number of halogens is 1. The van der Waals surface area contributed by atoms with E-state index in [-0.39, 0.29) is 24.3 Å². The third kappa shape index (κ3) is 4.74. The van der Waals surface area contributed by atoms with E-state index in [1.165, 1.54) is 23.9 Å². The second kappa shape index (κ2) is 9.64. The van der Waals surface area contributed by atoms with Crippen molar-refractivity contribution in [1.29, 1.82) is 0 Å². The molecule has 2 N–H and O–H groups in total. The van der Waals surface area contributed by atoms with E-state index in [1.807, 2.05) is 10.8 Å². The maximum Gasteiger partial charge on any atom is 0.254 e. The number of carbonyl (C=O) groups excluding carboxylic acids is 1. The minimum atomic E-state index is -0.412. The summed E-state index contributed by atoms with van der Waals surface area (Å²) in [6.07, 6.45) is 6.20. The van der Waals surface area contributed by atoms with Crippen molar-refractivity contribution in [3.63, 3.8) is 0 Å². The molecule has 10 heteroatoms. The number of fused-ring (bicyclic) bond motifs is 1. The SMILES string of the molecule is CSc1nc(C)c(CCC(=O)Nc2ccc(F)c(-c3nnc4n3CCCCC4)c2)c(=O)[nH]1. The molecule has 0 bridgehead atoms. The molecule has 0 spiro atoms. The molecule has 32 heavy (non-hydrogen) atoms. The molecule has 1 aromatic carbocycles. The summed E-state index contributed by atoms with van der Waals surface area (Å²) < 4.78 is 16.6. The quantitative estimate of drug-likeness (QED) is 0.434. The molecule has 1 aliphatic rings. The van der Waals surface area contributed by atoms with Crippen LogP contribution in [-0.2, 0) is 24.2 Å². The molecule has 0 radical (unpaired) electrons. The van der Waals surface area contributed by atoms with Gasteiger partial charge < -0.3 is 14.9 Å². The lowest BCUT2D eigenvalue weighted by atomic mass is 10.1. The highest BCUT2D eigenvalue weighted by Crippen LogP contribution is 2.27. The molecule has 3 heterocycles. The van der Waals surface area contributed by atoms with Gasteiger partial charge in [0.2, 0.25) is 5.91 Å². The Kier molecular flexibility index (Phi) is 6.69. The monoisotopic (exact) mass is 456 g/mol. The number of carbonyl (C=O) groups is 1. The van der Waals surface area contributed by atoms with Gasteiger partial charge in [0.15, 0.2) is 11.0 Å². The van der Waals surface area contributed by atoms with Gasteiger partial charge in [0.05, 0.1) is 5.56 Å². The Morgan fingerprint density at radius 3 is 2.91 bits per heavy atom. The maximum atomic E-state index is 14.6. The number of H-pyrrole nitrogens is 1. The number of thioether (sulfide) groups is 1. The summed E-state index contributed by atoms with van der Waals surface area (Å²) in [7, 11) is 0. The number of anilines is 1. The van der Waals surface area contributed by atoms with Crippen LogP contribution in [0.25, 0.3) is 11.4 Å². The third-order valence-electron chi connectivity index (χ3n) is 5.60. The number of nitrogens with zero attached hydrogens (tertiary/aromatic N) is 4. The van der Waals surface area contributed by atoms with Gasteiger partial charge in [0.25, 0.3) is 5.56 Å². The predicted molar refractivity (Wildman–Crippen MR) is 121 cm³/mol. The Bertz CT molecular complexity index is 1210. The van der Waals surface area contributed by atoms with Crippen LogP contribution < -0.4 is 10.9 Å². The highest BCUT2D eigenvalue weighted by atomic mass is 32.2. The molecule has 0 unspecified atom stereocenters. The van der Waals surface area contributed by atoms with Crippen LogP contribution in [0.2, 0.25) is 0 Å². The first-order valence-corrected chi connectivity index (χ1v) is 11.8. The molecule has 8 nitrogen and oxygen atoms in total. The maximum absolute atomic E-state index is 14.6. The molecule has 168 valence electrons. The summed E-state index contributed by atoms with van der Waals surface area (Å²) in [4.78, 5) is 31.8. The van der Waals surface area contributed by atoms with E-state index in [0.717, 1.165) is 38.1 Å². The first-order valence-electron chi connectivity index (χ1n) is 10.6. The highest BCUT2D eigenvalue weighted by Gasteiger charge is 2.19. The van der Waals surface area contributed by atoms with E-state index < -0.39 is 5.82 Å². The zero-order chi connectivity index (χ0) is 22.7. The molecule has 4 rings (SSSR count). The van der Waals surface area contributed by atoms with Crippen molar-refractivity contribution in [2.24, 2.45) is 0 Å². The van der Waals surface area contributed by atoms with Gasteiger partial charge in [0.1, 0.15) is 11.6 Å². The van der Waals surface area contributed by atoms with Gasteiger partial charge in [-0.15, -0.1) is 10.2 Å². The molecule has 0 saturated heterocycles. The van der Waals surface area contributed by atoms with Gasteiger partial charge in [0, 0.05) is 36.3 Å². The van der Waals surface area contributed by atoms with Crippen LogP contribution in [-0.4, -0.2) is 36.9 Å². The number of nitrogens with one attached hydrogen (secondary N) is 2. The summed E-state index contributed by atoms with van der Waals surface area (Å²) >= 11 is 1.36. The normalized spacial score (nSPS) is 13.5. The number of aryl methyl sites for hydroxylation is 2. The highest BCUT2D eigenvalue weighted by molar-refractivity contribution is 7.98. The van der Waals surface area contributed by atoms with Crippen LogP contribution in [0.4, 0.5) is 10.1 Å². The average molecular weight is 457 g/mol. The van der Waals surface area contributed by atoms with E-state index >= 15 is 0 Å². The molecule has 1 aliphatic heterocycles. The minimum Gasteiger partial charge on any atom is -0.326 e. The number of aromatic amines is 1. The first kappa shape index (κ1) is 22.2. The van der Waals surface area contributed by atoms with Crippen molar-refractivity contribution in [2.75, 3.05) is 11.6 Å². The van der Waals surface area contributed by atoms with Crippen LogP contribution >= 0.6 is 11.8 Å². The fourth-order valence-electron chi connectivity index (χ4n) is 3.90. The van der Waals surface area contributed by atoms with Gasteiger partial charge in [-0.1, -0.05) is 18.2 Å². The lowest BCUT2D eigenvalue weighted by Gasteiger charge is -2.11. The van der Waals surface area contributed by atoms with E-state index in [1.54, 1.807) is 13.0 Å². The summed E-state index contributed by atoms with van der Waals surface area (Å²) in [6, 6.07) is 4.43. The third-order valence-corrected chi connectivity index (χ3v) is 6.18. The van der Waals surface area contributed by atoms with Crippen LogP contribution in [0.1, 0.15) is 42.8 Å². The van der Waals surface area contributed by atoms with Crippen molar-refractivity contribution < 1.29 is 9.18 Å². The molecular weight excluding hydrogens is 431 g/mol. The van der Waals surface area contributed by atoms with Gasteiger partial charge in [-0.25, -0.2) is 9.37 Å². The van der Waals surface area contributed by atoms with Crippen LogP contribution in [0.3, 0.4) is 0 Å². The lowest BCUT2D eigenvalue weighted by Crippen LogP contribution is -2.20. The molecule has 0 fully saturated rings. The Balaban J connectivity index is 1.49. The van der Waals surface area contributed by atoms with E-state index in [2.05, 4.69) is 25.5 Å². The van der Waals surface area contributed by atoms with Gasteiger partial charge in [-0.3, -0.25) is 9.59 Å². The number of amides is 1. The average Bonchev–Trinajstić information content (AvgIpc) is 3.01. The molecule has 2 aromatic heterocycles. The van der Waals surface area contributed by atoms with Crippen molar-refractivity contribution in [1.82, 2.24) is 24.7 Å². The summed E-state index contributed by atoms with van der Waals surface area (Å²) in [5.41, 5.74) is 1.66. The fraction of sp³-hybridized carbons (Fsp3) is 0.409. The summed E-state index contributed by atoms with van der Waals surface area (Å²) in [5.74, 6) is 0.672. The molecule has 0 aliphatic carbocycles. The van der Waals surface area contributed by atoms with E-state index in [9.17, 15) is 14.0 Å². The Hall–Kier alpha value is -3.01. The Labute approximate surface area is 189 Å².